The minimum absolute atomic E-state index is 0.436. The van der Waals surface area contributed by atoms with E-state index in [1.807, 2.05) is 0 Å². The van der Waals surface area contributed by atoms with Crippen molar-refractivity contribution in [3.8, 4) is 11.5 Å². The van der Waals surface area contributed by atoms with Gasteiger partial charge in [0.2, 0.25) is 0 Å². The number of rotatable bonds is 3. The molecule has 1 aromatic carbocycles. The van der Waals surface area contributed by atoms with Gasteiger partial charge in [0.05, 0.1) is 14.2 Å². The summed E-state index contributed by atoms with van der Waals surface area (Å²) in [4.78, 5) is 0. The number of benzene rings is 1. The van der Waals surface area contributed by atoms with E-state index in [1.165, 1.54) is 14.2 Å². The highest BCUT2D eigenvalue weighted by Crippen LogP contribution is 2.26. The molecule has 0 spiro atoms. The van der Waals surface area contributed by atoms with Crippen molar-refractivity contribution >= 4 is 12.6 Å². The Morgan fingerprint density at radius 2 is 1.40 bits per heavy atom. The summed E-state index contributed by atoms with van der Waals surface area (Å²) in [5.74, 6) is 1.17. The van der Waals surface area contributed by atoms with E-state index in [9.17, 15) is 10.0 Å². The lowest BCUT2D eigenvalue weighted by atomic mass is 9.74. The van der Waals surface area contributed by atoms with Crippen LogP contribution >= 0.6 is 0 Å². The van der Waals surface area contributed by atoms with E-state index in [4.69, 9.17) is 9.47 Å². The molecule has 0 bridgehead atoms. The van der Waals surface area contributed by atoms with Crippen molar-refractivity contribution in [1.29, 1.82) is 0 Å². The summed E-state index contributed by atoms with van der Waals surface area (Å²) in [6, 6.07) is 1.73. The van der Waals surface area contributed by atoms with E-state index in [0.29, 0.717) is 28.1 Å². The molecule has 0 unspecified atom stereocenters. The van der Waals surface area contributed by atoms with Crippen LogP contribution in [0.15, 0.2) is 6.07 Å². The van der Waals surface area contributed by atoms with E-state index in [-0.39, 0.29) is 0 Å². The van der Waals surface area contributed by atoms with Gasteiger partial charge in [0.15, 0.2) is 0 Å². The van der Waals surface area contributed by atoms with Crippen molar-refractivity contribution in [1.82, 2.24) is 0 Å². The molecule has 0 aromatic heterocycles. The fourth-order valence-corrected chi connectivity index (χ4v) is 1.69. The van der Waals surface area contributed by atoms with Crippen LogP contribution in [0.5, 0.6) is 11.5 Å². The molecule has 4 nitrogen and oxygen atoms in total. The predicted molar refractivity (Wildman–Crippen MR) is 58.8 cm³/mol. The van der Waals surface area contributed by atoms with Gasteiger partial charge in [-0.3, -0.25) is 0 Å². The minimum Gasteiger partial charge on any atom is -0.496 e. The Bertz CT molecular complexity index is 335. The fraction of sp³-hybridized carbons (Fsp3) is 0.400. The molecule has 82 valence electrons. The quantitative estimate of drug-likeness (QED) is 0.689. The van der Waals surface area contributed by atoms with Gasteiger partial charge in [0.1, 0.15) is 11.5 Å². The van der Waals surface area contributed by atoms with Crippen LogP contribution < -0.4 is 14.9 Å². The average molecular weight is 210 g/mol. The maximum Gasteiger partial charge on any atom is 0.489 e. The van der Waals surface area contributed by atoms with Crippen molar-refractivity contribution in [2.45, 2.75) is 13.8 Å². The van der Waals surface area contributed by atoms with E-state index in [1.54, 1.807) is 19.9 Å². The van der Waals surface area contributed by atoms with Gasteiger partial charge < -0.3 is 19.5 Å². The van der Waals surface area contributed by atoms with Gasteiger partial charge >= 0.3 is 7.12 Å². The number of hydrogen-bond acceptors (Lipinski definition) is 4. The molecular weight excluding hydrogens is 195 g/mol. The summed E-state index contributed by atoms with van der Waals surface area (Å²) in [5, 5.41) is 18.5. The molecule has 0 amide bonds. The summed E-state index contributed by atoms with van der Waals surface area (Å²) in [6.45, 7) is 3.56. The van der Waals surface area contributed by atoms with Crippen LogP contribution in [0.25, 0.3) is 0 Å². The van der Waals surface area contributed by atoms with Crippen molar-refractivity contribution in [3.05, 3.63) is 17.2 Å². The van der Waals surface area contributed by atoms with Crippen LogP contribution in [0.3, 0.4) is 0 Å². The predicted octanol–water partition coefficient (Wildman–Crippen LogP) is 0.000440. The van der Waals surface area contributed by atoms with Crippen LogP contribution in [0.1, 0.15) is 11.1 Å². The lowest BCUT2D eigenvalue weighted by Gasteiger charge is -2.16. The zero-order valence-corrected chi connectivity index (χ0v) is 9.37. The first-order chi connectivity index (χ1) is 7.02. The van der Waals surface area contributed by atoms with Crippen LogP contribution in [0, 0.1) is 13.8 Å². The second-order valence-electron chi connectivity index (χ2n) is 3.32. The van der Waals surface area contributed by atoms with Gasteiger partial charge in [-0.25, -0.2) is 0 Å². The normalized spacial score (nSPS) is 10.0. The fourth-order valence-electron chi connectivity index (χ4n) is 1.69. The molecule has 0 aliphatic heterocycles. The summed E-state index contributed by atoms with van der Waals surface area (Å²) in [7, 11) is 1.55. The molecule has 5 heteroatoms. The van der Waals surface area contributed by atoms with Crippen molar-refractivity contribution in [2.24, 2.45) is 0 Å². The summed E-state index contributed by atoms with van der Waals surface area (Å²) in [5.41, 5.74) is 1.86. The highest BCUT2D eigenvalue weighted by Gasteiger charge is 2.22. The zero-order chi connectivity index (χ0) is 11.6. The third-order valence-electron chi connectivity index (χ3n) is 2.51. The Kier molecular flexibility index (Phi) is 3.60. The Balaban J connectivity index is 3.46. The van der Waals surface area contributed by atoms with Crippen LogP contribution in [0.2, 0.25) is 0 Å². The SMILES string of the molecule is COc1cc(OC)c(C)c(B(O)O)c1C. The molecule has 15 heavy (non-hydrogen) atoms. The molecule has 1 rings (SSSR count). The lowest BCUT2D eigenvalue weighted by molar-refractivity contribution is 0.388. The molecule has 0 fully saturated rings. The Morgan fingerprint density at radius 1 is 1.00 bits per heavy atom. The largest absolute Gasteiger partial charge is 0.496 e. The molecule has 2 N–H and O–H groups in total. The Morgan fingerprint density at radius 3 is 1.67 bits per heavy atom. The van der Waals surface area contributed by atoms with Gasteiger partial charge in [-0.15, -0.1) is 0 Å². The first-order valence-corrected chi connectivity index (χ1v) is 4.61. The van der Waals surface area contributed by atoms with Gasteiger partial charge in [0.25, 0.3) is 0 Å². The Hall–Kier alpha value is -1.20. The van der Waals surface area contributed by atoms with E-state index >= 15 is 0 Å². The van der Waals surface area contributed by atoms with Gasteiger partial charge in [-0.1, -0.05) is 0 Å². The summed E-state index contributed by atoms with van der Waals surface area (Å²) >= 11 is 0. The van der Waals surface area contributed by atoms with E-state index < -0.39 is 7.12 Å². The molecule has 0 atom stereocenters. The monoisotopic (exact) mass is 210 g/mol. The van der Waals surface area contributed by atoms with Crippen molar-refractivity contribution in [3.63, 3.8) is 0 Å². The first-order valence-electron chi connectivity index (χ1n) is 4.61. The van der Waals surface area contributed by atoms with Crippen molar-refractivity contribution < 1.29 is 19.5 Å². The van der Waals surface area contributed by atoms with Crippen LogP contribution in [-0.4, -0.2) is 31.4 Å². The number of methoxy groups -OCH3 is 2. The molecular formula is C10H15BO4. The lowest BCUT2D eigenvalue weighted by Crippen LogP contribution is -2.35. The molecule has 1 aromatic rings. The topological polar surface area (TPSA) is 58.9 Å². The standard InChI is InChI=1S/C10H15BO4/c1-6-8(14-3)5-9(15-4)7(2)10(6)11(12)13/h5,12-13H,1-4H3. The van der Waals surface area contributed by atoms with E-state index in [0.717, 1.165) is 0 Å². The van der Waals surface area contributed by atoms with Gasteiger partial charge in [0, 0.05) is 6.07 Å². The maximum atomic E-state index is 9.27. The van der Waals surface area contributed by atoms with Crippen LogP contribution in [-0.2, 0) is 0 Å². The molecule has 0 heterocycles. The maximum absolute atomic E-state index is 9.27. The number of ether oxygens (including phenoxy) is 2. The highest BCUT2D eigenvalue weighted by molar-refractivity contribution is 6.60. The summed E-state index contributed by atoms with van der Waals surface area (Å²) < 4.78 is 10.3. The molecule has 0 aliphatic carbocycles. The zero-order valence-electron chi connectivity index (χ0n) is 9.37. The highest BCUT2D eigenvalue weighted by atomic mass is 16.5. The van der Waals surface area contributed by atoms with Crippen molar-refractivity contribution in [2.75, 3.05) is 14.2 Å². The van der Waals surface area contributed by atoms with Gasteiger partial charge in [-0.2, -0.15) is 0 Å². The molecule has 0 aliphatic rings. The third kappa shape index (κ3) is 2.08. The second-order valence-corrected chi connectivity index (χ2v) is 3.32. The molecule has 0 radical (unpaired) electrons. The van der Waals surface area contributed by atoms with Gasteiger partial charge in [-0.05, 0) is 30.4 Å². The van der Waals surface area contributed by atoms with E-state index in [2.05, 4.69) is 0 Å². The summed E-state index contributed by atoms with van der Waals surface area (Å²) in [6.07, 6.45) is 0. The number of hydrogen-bond donors (Lipinski definition) is 2. The third-order valence-corrected chi connectivity index (χ3v) is 2.51. The first kappa shape index (κ1) is 11.9. The van der Waals surface area contributed by atoms with Crippen LogP contribution in [0.4, 0.5) is 0 Å². The molecule has 0 saturated carbocycles. The second kappa shape index (κ2) is 4.55. The minimum atomic E-state index is -1.52. The molecule has 0 saturated heterocycles. The Labute approximate surface area is 89.6 Å². The average Bonchev–Trinajstić information content (AvgIpc) is 2.18. The smallest absolute Gasteiger partial charge is 0.489 e.